The molecule has 1 aliphatic carbocycles. The van der Waals surface area contributed by atoms with E-state index < -0.39 is 0 Å². The van der Waals surface area contributed by atoms with E-state index in [1.807, 2.05) is 18.2 Å². The average Bonchev–Trinajstić information content (AvgIpc) is 2.57. The standard InChI is InChI=1S/C13H10O2/c14-12-6-9-5-8-3-1-2-4-10(8)11(9)7-13(12)15/h1-4,6-7,14-15H,5H2. The summed E-state index contributed by atoms with van der Waals surface area (Å²) in [6, 6.07) is 11.4. The number of hydrogen-bond acceptors (Lipinski definition) is 2. The summed E-state index contributed by atoms with van der Waals surface area (Å²) in [5.41, 5.74) is 4.51. The van der Waals surface area contributed by atoms with Crippen LogP contribution in [-0.2, 0) is 6.42 Å². The highest BCUT2D eigenvalue weighted by atomic mass is 16.3. The number of benzene rings is 2. The molecule has 2 nitrogen and oxygen atoms in total. The molecule has 0 heterocycles. The van der Waals surface area contributed by atoms with Gasteiger partial charge < -0.3 is 10.2 Å². The third-order valence-electron chi connectivity index (χ3n) is 2.89. The molecule has 0 bridgehead atoms. The Kier molecular flexibility index (Phi) is 1.54. The number of phenolic OH excluding ortho intramolecular Hbond substituents is 2. The van der Waals surface area contributed by atoms with Gasteiger partial charge in [-0.15, -0.1) is 0 Å². The van der Waals surface area contributed by atoms with Crippen LogP contribution in [0.1, 0.15) is 11.1 Å². The van der Waals surface area contributed by atoms with Gasteiger partial charge in [0.15, 0.2) is 11.5 Å². The molecule has 0 fully saturated rings. The van der Waals surface area contributed by atoms with Crippen LogP contribution in [0.25, 0.3) is 11.1 Å². The van der Waals surface area contributed by atoms with Crippen LogP contribution in [0, 0.1) is 0 Å². The molecule has 0 radical (unpaired) electrons. The van der Waals surface area contributed by atoms with Crippen molar-refractivity contribution in [1.82, 2.24) is 0 Å². The molecule has 3 rings (SSSR count). The predicted molar refractivity (Wildman–Crippen MR) is 58.0 cm³/mol. The number of rotatable bonds is 0. The molecule has 0 saturated carbocycles. The molecule has 2 N–H and O–H groups in total. The minimum atomic E-state index is -0.0505. The van der Waals surface area contributed by atoms with Gasteiger partial charge in [0.05, 0.1) is 0 Å². The summed E-state index contributed by atoms with van der Waals surface area (Å²) in [5, 5.41) is 18.9. The molecule has 0 aromatic heterocycles. The van der Waals surface area contributed by atoms with E-state index in [9.17, 15) is 10.2 Å². The second kappa shape index (κ2) is 2.76. The van der Waals surface area contributed by atoms with Crippen LogP contribution in [0.3, 0.4) is 0 Å². The fraction of sp³-hybridized carbons (Fsp3) is 0.0769. The fourth-order valence-electron chi connectivity index (χ4n) is 2.16. The zero-order valence-corrected chi connectivity index (χ0v) is 8.07. The maximum atomic E-state index is 9.46. The summed E-state index contributed by atoms with van der Waals surface area (Å²) in [6.07, 6.45) is 0.833. The summed E-state index contributed by atoms with van der Waals surface area (Å²) in [7, 11) is 0. The Morgan fingerprint density at radius 2 is 1.53 bits per heavy atom. The zero-order valence-electron chi connectivity index (χ0n) is 8.07. The van der Waals surface area contributed by atoms with Crippen LogP contribution in [0.5, 0.6) is 11.5 Å². The van der Waals surface area contributed by atoms with Gasteiger partial charge in [-0.25, -0.2) is 0 Å². The van der Waals surface area contributed by atoms with Crippen LogP contribution in [0.2, 0.25) is 0 Å². The first kappa shape index (κ1) is 8.36. The summed E-state index contributed by atoms with van der Waals surface area (Å²) in [6.45, 7) is 0. The number of phenols is 2. The van der Waals surface area contributed by atoms with E-state index >= 15 is 0 Å². The number of aromatic hydroxyl groups is 2. The zero-order chi connectivity index (χ0) is 10.4. The molecule has 1 aliphatic rings. The van der Waals surface area contributed by atoms with Crippen molar-refractivity contribution in [3.63, 3.8) is 0 Å². The van der Waals surface area contributed by atoms with Gasteiger partial charge in [0.1, 0.15) is 0 Å². The second-order valence-corrected chi connectivity index (χ2v) is 3.83. The van der Waals surface area contributed by atoms with E-state index in [0.717, 1.165) is 23.1 Å². The Bertz CT molecular complexity index is 544. The molecular formula is C13H10O2. The molecule has 0 atom stereocenters. The van der Waals surface area contributed by atoms with Crippen molar-refractivity contribution in [3.05, 3.63) is 47.5 Å². The Morgan fingerprint density at radius 3 is 2.40 bits per heavy atom. The Labute approximate surface area is 87.4 Å². The summed E-state index contributed by atoms with van der Waals surface area (Å²) < 4.78 is 0. The maximum absolute atomic E-state index is 9.46. The lowest BCUT2D eigenvalue weighted by Crippen LogP contribution is -1.79. The lowest BCUT2D eigenvalue weighted by atomic mass is 10.1. The van der Waals surface area contributed by atoms with Crippen molar-refractivity contribution in [2.75, 3.05) is 0 Å². The highest BCUT2D eigenvalue weighted by Crippen LogP contribution is 2.41. The van der Waals surface area contributed by atoms with Crippen molar-refractivity contribution in [1.29, 1.82) is 0 Å². The van der Waals surface area contributed by atoms with Gasteiger partial charge in [-0.3, -0.25) is 0 Å². The smallest absolute Gasteiger partial charge is 0.158 e. The van der Waals surface area contributed by atoms with E-state index in [4.69, 9.17) is 0 Å². The SMILES string of the molecule is Oc1cc2c(cc1O)-c1ccccc1C2. The third kappa shape index (κ3) is 1.11. The Morgan fingerprint density at radius 1 is 0.800 bits per heavy atom. The van der Waals surface area contributed by atoms with E-state index in [2.05, 4.69) is 6.07 Å². The van der Waals surface area contributed by atoms with E-state index in [1.165, 1.54) is 5.56 Å². The molecule has 0 aliphatic heterocycles. The number of fused-ring (bicyclic) bond motifs is 3. The highest BCUT2D eigenvalue weighted by molar-refractivity contribution is 5.78. The largest absolute Gasteiger partial charge is 0.504 e. The second-order valence-electron chi connectivity index (χ2n) is 3.83. The molecule has 0 amide bonds. The van der Waals surface area contributed by atoms with Gasteiger partial charge in [0.25, 0.3) is 0 Å². The molecular weight excluding hydrogens is 188 g/mol. The quantitative estimate of drug-likeness (QED) is 0.545. The molecule has 74 valence electrons. The monoisotopic (exact) mass is 198 g/mol. The first-order chi connectivity index (χ1) is 7.25. The molecule has 0 unspecified atom stereocenters. The lowest BCUT2D eigenvalue weighted by Gasteiger charge is -2.03. The molecule has 0 saturated heterocycles. The summed E-state index contributed by atoms with van der Waals surface area (Å²) >= 11 is 0. The first-order valence-corrected chi connectivity index (χ1v) is 4.89. The van der Waals surface area contributed by atoms with Crippen LogP contribution in [-0.4, -0.2) is 10.2 Å². The van der Waals surface area contributed by atoms with Crippen molar-refractivity contribution < 1.29 is 10.2 Å². The summed E-state index contributed by atoms with van der Waals surface area (Å²) in [4.78, 5) is 0. The first-order valence-electron chi connectivity index (χ1n) is 4.89. The topological polar surface area (TPSA) is 40.5 Å². The average molecular weight is 198 g/mol. The number of hydrogen-bond donors (Lipinski definition) is 2. The normalized spacial score (nSPS) is 12.3. The molecule has 2 heteroatoms. The van der Waals surface area contributed by atoms with Crippen molar-refractivity contribution in [2.45, 2.75) is 6.42 Å². The van der Waals surface area contributed by atoms with Crippen molar-refractivity contribution in [2.24, 2.45) is 0 Å². The van der Waals surface area contributed by atoms with Gasteiger partial charge >= 0.3 is 0 Å². The highest BCUT2D eigenvalue weighted by Gasteiger charge is 2.19. The lowest BCUT2D eigenvalue weighted by molar-refractivity contribution is 0.403. The van der Waals surface area contributed by atoms with Gasteiger partial charge in [0.2, 0.25) is 0 Å². The van der Waals surface area contributed by atoms with Crippen LogP contribution in [0.15, 0.2) is 36.4 Å². The van der Waals surface area contributed by atoms with E-state index in [-0.39, 0.29) is 11.5 Å². The van der Waals surface area contributed by atoms with Crippen molar-refractivity contribution in [3.8, 4) is 22.6 Å². The Balaban J connectivity index is 2.29. The van der Waals surface area contributed by atoms with Gasteiger partial charge in [-0.05, 0) is 40.8 Å². The van der Waals surface area contributed by atoms with E-state index in [0.29, 0.717) is 0 Å². The van der Waals surface area contributed by atoms with Crippen LogP contribution < -0.4 is 0 Å². The molecule has 0 spiro atoms. The molecule has 15 heavy (non-hydrogen) atoms. The predicted octanol–water partition coefficient (Wildman–Crippen LogP) is 2.67. The third-order valence-corrected chi connectivity index (χ3v) is 2.89. The van der Waals surface area contributed by atoms with Gasteiger partial charge in [0, 0.05) is 0 Å². The van der Waals surface area contributed by atoms with Gasteiger partial charge in [-0.2, -0.15) is 0 Å². The fourth-order valence-corrected chi connectivity index (χ4v) is 2.16. The van der Waals surface area contributed by atoms with Crippen LogP contribution >= 0.6 is 0 Å². The molecule has 2 aromatic carbocycles. The van der Waals surface area contributed by atoms with Gasteiger partial charge in [-0.1, -0.05) is 24.3 Å². The maximum Gasteiger partial charge on any atom is 0.158 e. The van der Waals surface area contributed by atoms with Crippen molar-refractivity contribution >= 4 is 0 Å². The van der Waals surface area contributed by atoms with E-state index in [1.54, 1.807) is 12.1 Å². The Hall–Kier alpha value is -1.96. The minimum absolute atomic E-state index is 0.0402. The minimum Gasteiger partial charge on any atom is -0.504 e. The summed E-state index contributed by atoms with van der Waals surface area (Å²) in [5.74, 6) is -0.0907. The molecule has 2 aromatic rings. The van der Waals surface area contributed by atoms with Crippen LogP contribution in [0.4, 0.5) is 0 Å².